The van der Waals surface area contributed by atoms with Crippen molar-refractivity contribution in [3.63, 3.8) is 0 Å². The van der Waals surface area contributed by atoms with E-state index < -0.39 is 0 Å². The highest BCUT2D eigenvalue weighted by Crippen LogP contribution is 2.05. The van der Waals surface area contributed by atoms with Gasteiger partial charge in [0.2, 0.25) is 0 Å². The maximum absolute atomic E-state index is 11.3. The largest absolute Gasteiger partial charge is 0.379 e. The van der Waals surface area contributed by atoms with Crippen molar-refractivity contribution in [1.29, 1.82) is 0 Å². The smallest absolute Gasteiger partial charge is 0.253 e. The normalized spacial score (nSPS) is 16.4. The van der Waals surface area contributed by atoms with E-state index in [0.717, 1.165) is 0 Å². The lowest BCUT2D eigenvalue weighted by Gasteiger charge is -2.13. The van der Waals surface area contributed by atoms with Crippen molar-refractivity contribution in [2.75, 3.05) is 52.7 Å². The van der Waals surface area contributed by atoms with E-state index >= 15 is 0 Å². The summed E-state index contributed by atoms with van der Waals surface area (Å²) in [6, 6.07) is 0. The number of ether oxygens (including phenoxy) is 3. The van der Waals surface area contributed by atoms with Crippen LogP contribution in [0.25, 0.3) is 0 Å². The van der Waals surface area contributed by atoms with Gasteiger partial charge < -0.3 is 14.2 Å². The molecule has 9 nitrogen and oxygen atoms in total. The van der Waals surface area contributed by atoms with E-state index in [1.54, 1.807) is 0 Å². The molecule has 0 aliphatic carbocycles. The molecule has 0 N–H and O–H groups in total. The molecular formula is C18H24N2O7. The minimum atomic E-state index is -0.279. The summed E-state index contributed by atoms with van der Waals surface area (Å²) in [4.78, 5) is 47.7. The van der Waals surface area contributed by atoms with Crippen LogP contribution in [0.2, 0.25) is 0 Å². The Hall–Kier alpha value is -2.36. The van der Waals surface area contributed by atoms with Gasteiger partial charge in [-0.05, 0) is 12.8 Å². The van der Waals surface area contributed by atoms with Crippen molar-refractivity contribution in [2.45, 2.75) is 12.8 Å². The molecule has 0 saturated heterocycles. The fraction of sp³-hybridized carbons (Fsp3) is 0.556. The summed E-state index contributed by atoms with van der Waals surface area (Å²) in [5.41, 5.74) is 0. The third-order valence-electron chi connectivity index (χ3n) is 3.89. The average Bonchev–Trinajstić information content (AvgIpc) is 3.14. The van der Waals surface area contributed by atoms with Gasteiger partial charge in [-0.25, -0.2) is 0 Å². The first-order chi connectivity index (χ1) is 13.1. The van der Waals surface area contributed by atoms with Gasteiger partial charge in [0.05, 0.1) is 26.4 Å². The van der Waals surface area contributed by atoms with Crippen molar-refractivity contribution in [3.05, 3.63) is 24.3 Å². The molecule has 4 amide bonds. The van der Waals surface area contributed by atoms with Crippen LogP contribution in [0.5, 0.6) is 0 Å². The van der Waals surface area contributed by atoms with Crippen molar-refractivity contribution in [1.82, 2.24) is 9.80 Å². The highest BCUT2D eigenvalue weighted by molar-refractivity contribution is 6.13. The molecule has 0 saturated carbocycles. The molecule has 0 aromatic rings. The summed E-state index contributed by atoms with van der Waals surface area (Å²) in [5, 5.41) is 0. The summed E-state index contributed by atoms with van der Waals surface area (Å²) in [7, 11) is 0. The van der Waals surface area contributed by atoms with E-state index in [9.17, 15) is 19.2 Å². The van der Waals surface area contributed by atoms with Gasteiger partial charge in [-0.2, -0.15) is 0 Å². The SMILES string of the molecule is O=C1C=CC(=O)N1CCCOCCOCCOCCCN1C(=O)C=CC1=O. The van der Waals surface area contributed by atoms with Crippen LogP contribution >= 0.6 is 0 Å². The van der Waals surface area contributed by atoms with Gasteiger partial charge in [-0.1, -0.05) is 0 Å². The molecule has 0 bridgehead atoms. The lowest BCUT2D eigenvalue weighted by Crippen LogP contribution is -2.31. The third kappa shape index (κ3) is 7.05. The van der Waals surface area contributed by atoms with Crippen LogP contribution < -0.4 is 0 Å². The first kappa shape index (κ1) is 20.9. The lowest BCUT2D eigenvalue weighted by molar-refractivity contribution is -0.138. The highest BCUT2D eigenvalue weighted by atomic mass is 16.5. The second kappa shape index (κ2) is 11.4. The third-order valence-corrected chi connectivity index (χ3v) is 3.89. The van der Waals surface area contributed by atoms with Crippen LogP contribution in [0.3, 0.4) is 0 Å². The summed E-state index contributed by atoms with van der Waals surface area (Å²) in [5.74, 6) is -1.12. The molecule has 2 aliphatic rings. The summed E-state index contributed by atoms with van der Waals surface area (Å²) >= 11 is 0. The zero-order chi connectivity index (χ0) is 19.5. The first-order valence-electron chi connectivity index (χ1n) is 8.90. The zero-order valence-corrected chi connectivity index (χ0v) is 15.1. The Kier molecular flexibility index (Phi) is 8.82. The second-order valence-electron chi connectivity index (χ2n) is 5.87. The van der Waals surface area contributed by atoms with E-state index in [0.29, 0.717) is 65.6 Å². The minimum absolute atomic E-state index is 0.279. The molecule has 0 spiro atoms. The minimum Gasteiger partial charge on any atom is -0.379 e. The predicted octanol–water partition coefficient (Wildman–Crippen LogP) is -0.334. The van der Waals surface area contributed by atoms with Crippen LogP contribution in [-0.2, 0) is 33.4 Å². The number of carbonyl (C=O) groups is 4. The molecule has 9 heteroatoms. The number of carbonyl (C=O) groups excluding carboxylic acids is 4. The van der Waals surface area contributed by atoms with E-state index in [4.69, 9.17) is 14.2 Å². The topological polar surface area (TPSA) is 102 Å². The van der Waals surface area contributed by atoms with Gasteiger partial charge in [0.1, 0.15) is 0 Å². The van der Waals surface area contributed by atoms with Gasteiger partial charge in [-0.3, -0.25) is 29.0 Å². The fourth-order valence-electron chi connectivity index (χ4n) is 2.49. The summed E-state index contributed by atoms with van der Waals surface area (Å²) in [6.07, 6.45) is 6.23. The number of hydrogen-bond acceptors (Lipinski definition) is 7. The molecule has 0 aromatic carbocycles. The van der Waals surface area contributed by atoms with Crippen LogP contribution in [-0.4, -0.2) is 86.2 Å². The van der Waals surface area contributed by atoms with Gasteiger partial charge in [-0.15, -0.1) is 0 Å². The number of nitrogens with zero attached hydrogens (tertiary/aromatic N) is 2. The molecule has 0 unspecified atom stereocenters. The first-order valence-corrected chi connectivity index (χ1v) is 8.90. The van der Waals surface area contributed by atoms with E-state index in [1.807, 2.05) is 0 Å². The van der Waals surface area contributed by atoms with Gasteiger partial charge >= 0.3 is 0 Å². The van der Waals surface area contributed by atoms with Crippen molar-refractivity contribution < 1.29 is 33.4 Å². The molecular weight excluding hydrogens is 356 g/mol. The fourth-order valence-corrected chi connectivity index (χ4v) is 2.49. The molecule has 2 aliphatic heterocycles. The van der Waals surface area contributed by atoms with Crippen molar-refractivity contribution in [3.8, 4) is 0 Å². The Morgan fingerprint density at radius 2 is 0.815 bits per heavy atom. The molecule has 0 radical (unpaired) electrons. The van der Waals surface area contributed by atoms with Crippen molar-refractivity contribution >= 4 is 23.6 Å². The molecule has 2 rings (SSSR count). The highest BCUT2D eigenvalue weighted by Gasteiger charge is 2.22. The maximum atomic E-state index is 11.3. The van der Waals surface area contributed by atoms with Gasteiger partial charge in [0.25, 0.3) is 23.6 Å². The average molecular weight is 380 g/mol. The van der Waals surface area contributed by atoms with Crippen LogP contribution in [0.15, 0.2) is 24.3 Å². The molecule has 0 aromatic heterocycles. The number of rotatable bonds is 14. The molecule has 148 valence electrons. The lowest BCUT2D eigenvalue weighted by atomic mass is 10.4. The number of hydrogen-bond donors (Lipinski definition) is 0. The quantitative estimate of drug-likeness (QED) is 0.300. The summed E-state index contributed by atoms with van der Waals surface area (Å²) in [6.45, 7) is 3.29. The van der Waals surface area contributed by atoms with E-state index in [-0.39, 0.29) is 23.6 Å². The molecule has 0 atom stereocenters. The number of imide groups is 2. The molecule has 0 fully saturated rings. The van der Waals surface area contributed by atoms with E-state index in [1.165, 1.54) is 34.1 Å². The maximum Gasteiger partial charge on any atom is 0.253 e. The van der Waals surface area contributed by atoms with E-state index in [2.05, 4.69) is 0 Å². The number of amides is 4. The predicted molar refractivity (Wildman–Crippen MR) is 93.4 cm³/mol. The Labute approximate surface area is 157 Å². The Bertz CT molecular complexity index is 527. The summed E-state index contributed by atoms with van der Waals surface area (Å²) < 4.78 is 16.1. The van der Waals surface area contributed by atoms with Crippen molar-refractivity contribution in [2.24, 2.45) is 0 Å². The zero-order valence-electron chi connectivity index (χ0n) is 15.1. The molecule has 2 heterocycles. The van der Waals surface area contributed by atoms with Crippen LogP contribution in [0, 0.1) is 0 Å². The Morgan fingerprint density at radius 3 is 1.15 bits per heavy atom. The standard InChI is InChI=1S/C18H24N2O7/c21-15-3-4-16(22)19(15)7-1-9-25-11-13-27-14-12-26-10-2-8-20-17(23)5-6-18(20)24/h3-6H,1-2,7-14H2. The Balaban J connectivity index is 1.32. The molecule has 27 heavy (non-hydrogen) atoms. The monoisotopic (exact) mass is 380 g/mol. The van der Waals surface area contributed by atoms with Crippen LogP contribution in [0.4, 0.5) is 0 Å². The van der Waals surface area contributed by atoms with Gasteiger partial charge in [0, 0.05) is 50.6 Å². The van der Waals surface area contributed by atoms with Crippen LogP contribution in [0.1, 0.15) is 12.8 Å². The Morgan fingerprint density at radius 1 is 0.519 bits per heavy atom. The van der Waals surface area contributed by atoms with Gasteiger partial charge in [0.15, 0.2) is 0 Å². The second-order valence-corrected chi connectivity index (χ2v) is 5.87.